The van der Waals surface area contributed by atoms with Gasteiger partial charge in [-0.1, -0.05) is 58.4 Å². The third kappa shape index (κ3) is 4.49. The fraction of sp³-hybridized carbons (Fsp3) is 0.333. The highest BCUT2D eigenvalue weighted by atomic mass is 32.1. The van der Waals surface area contributed by atoms with E-state index in [4.69, 9.17) is 0 Å². The lowest BCUT2D eigenvalue weighted by molar-refractivity contribution is -0.130. The highest BCUT2D eigenvalue weighted by Crippen LogP contribution is 2.35. The van der Waals surface area contributed by atoms with Gasteiger partial charge in [0.25, 0.3) is 0 Å². The number of hydrogen-bond acceptors (Lipinski definition) is 3. The molecule has 0 aliphatic carbocycles. The average molecular weight is 447 g/mol. The largest absolute Gasteiger partial charge is 0.361 e. The van der Waals surface area contributed by atoms with Crippen LogP contribution in [0.5, 0.6) is 0 Å². The van der Waals surface area contributed by atoms with E-state index in [-0.39, 0.29) is 29.9 Å². The highest BCUT2D eigenvalue weighted by Gasteiger charge is 2.27. The molecular formula is C27H30N2O2S. The van der Waals surface area contributed by atoms with Crippen molar-refractivity contribution in [2.24, 2.45) is 11.8 Å². The second-order valence-electron chi connectivity index (χ2n) is 8.89. The zero-order chi connectivity index (χ0) is 22.8. The van der Waals surface area contributed by atoms with E-state index in [0.29, 0.717) is 0 Å². The molecule has 4 nitrogen and oxygen atoms in total. The van der Waals surface area contributed by atoms with Gasteiger partial charge in [-0.25, -0.2) is 0 Å². The monoisotopic (exact) mass is 446 g/mol. The Morgan fingerprint density at radius 2 is 1.84 bits per heavy atom. The van der Waals surface area contributed by atoms with Crippen molar-refractivity contribution in [1.82, 2.24) is 10.3 Å². The SMILES string of the molecule is CC[C@H](C)[C@H](NC(=O)Cc1c[nH]c2ccc(-c3cc4ccccc4s3)cc12)C(=O)C(C)C. The van der Waals surface area contributed by atoms with Crippen molar-refractivity contribution in [3.63, 3.8) is 0 Å². The molecule has 2 atom stereocenters. The van der Waals surface area contributed by atoms with Gasteiger partial charge in [0.1, 0.15) is 0 Å². The lowest BCUT2D eigenvalue weighted by Gasteiger charge is -2.24. The van der Waals surface area contributed by atoms with Crippen LogP contribution in [0.1, 0.15) is 39.7 Å². The molecule has 0 saturated carbocycles. The number of thiophene rings is 1. The fourth-order valence-corrected chi connectivity index (χ4v) is 5.15. The standard InChI is InChI=1S/C27H30N2O2S/c1-5-17(4)26(27(31)16(2)3)29-25(30)14-20-15-28-22-11-10-19(12-21(20)22)24-13-18-8-6-7-9-23(18)32-24/h6-13,15-17,26,28H,5,14H2,1-4H3,(H,29,30)/t17-,26-/m0/s1. The van der Waals surface area contributed by atoms with E-state index in [1.165, 1.54) is 15.0 Å². The molecule has 5 heteroatoms. The van der Waals surface area contributed by atoms with Gasteiger partial charge in [-0.05, 0) is 46.7 Å². The second kappa shape index (κ2) is 9.29. The molecule has 2 N–H and O–H groups in total. The molecule has 0 aliphatic rings. The van der Waals surface area contributed by atoms with Gasteiger partial charge < -0.3 is 10.3 Å². The molecule has 1 amide bonds. The predicted molar refractivity (Wildman–Crippen MR) is 134 cm³/mol. The summed E-state index contributed by atoms with van der Waals surface area (Å²) in [7, 11) is 0. The summed E-state index contributed by atoms with van der Waals surface area (Å²) >= 11 is 1.77. The molecule has 0 fully saturated rings. The van der Waals surface area contributed by atoms with Crippen LogP contribution < -0.4 is 5.32 Å². The summed E-state index contributed by atoms with van der Waals surface area (Å²) in [4.78, 5) is 30.1. The van der Waals surface area contributed by atoms with E-state index < -0.39 is 6.04 Å². The molecule has 2 aromatic heterocycles. The van der Waals surface area contributed by atoms with Crippen LogP contribution in [-0.2, 0) is 16.0 Å². The number of carbonyl (C=O) groups is 2. The third-order valence-electron chi connectivity index (χ3n) is 6.23. The summed E-state index contributed by atoms with van der Waals surface area (Å²) in [5, 5.41) is 5.30. The summed E-state index contributed by atoms with van der Waals surface area (Å²) in [5.41, 5.74) is 3.10. The van der Waals surface area contributed by atoms with Crippen LogP contribution in [0.25, 0.3) is 31.4 Å². The van der Waals surface area contributed by atoms with E-state index in [1.807, 2.05) is 33.9 Å². The first-order valence-corrected chi connectivity index (χ1v) is 12.1. The van der Waals surface area contributed by atoms with E-state index in [2.05, 4.69) is 58.8 Å². The summed E-state index contributed by atoms with van der Waals surface area (Å²) in [6, 6.07) is 16.5. The quantitative estimate of drug-likeness (QED) is 0.331. The number of aromatic amines is 1. The van der Waals surface area contributed by atoms with Gasteiger partial charge in [0, 0.05) is 32.6 Å². The van der Waals surface area contributed by atoms with Gasteiger partial charge >= 0.3 is 0 Å². The normalized spacial score (nSPS) is 13.5. The zero-order valence-electron chi connectivity index (χ0n) is 19.1. The molecule has 2 aromatic carbocycles. The maximum absolute atomic E-state index is 12.9. The first-order valence-electron chi connectivity index (χ1n) is 11.3. The van der Waals surface area contributed by atoms with Crippen LogP contribution in [0.3, 0.4) is 0 Å². The number of H-pyrrole nitrogens is 1. The number of nitrogens with one attached hydrogen (secondary N) is 2. The zero-order valence-corrected chi connectivity index (χ0v) is 19.9. The van der Waals surface area contributed by atoms with Crippen molar-refractivity contribution in [3.8, 4) is 10.4 Å². The summed E-state index contributed by atoms with van der Waals surface area (Å²) < 4.78 is 1.27. The minimum Gasteiger partial charge on any atom is -0.361 e. The van der Waals surface area contributed by atoms with E-state index in [9.17, 15) is 9.59 Å². The number of rotatable bonds is 8. The Kier molecular flexibility index (Phi) is 6.47. The fourth-order valence-electron chi connectivity index (χ4n) is 4.09. The number of benzene rings is 2. The maximum atomic E-state index is 12.9. The van der Waals surface area contributed by atoms with Crippen molar-refractivity contribution in [3.05, 3.63) is 60.3 Å². The van der Waals surface area contributed by atoms with E-state index in [0.717, 1.165) is 28.5 Å². The number of carbonyl (C=O) groups excluding carboxylic acids is 2. The summed E-state index contributed by atoms with van der Waals surface area (Å²) in [5.74, 6) is -0.0150. The predicted octanol–water partition coefficient (Wildman–Crippen LogP) is 6.35. The highest BCUT2D eigenvalue weighted by molar-refractivity contribution is 7.22. The minimum atomic E-state index is -0.438. The van der Waals surface area contributed by atoms with Crippen molar-refractivity contribution < 1.29 is 9.59 Å². The summed E-state index contributed by atoms with van der Waals surface area (Å²) in [6.45, 7) is 7.85. The molecule has 32 heavy (non-hydrogen) atoms. The van der Waals surface area contributed by atoms with Gasteiger partial charge in [-0.3, -0.25) is 9.59 Å². The van der Waals surface area contributed by atoms with Crippen LogP contribution in [-0.4, -0.2) is 22.7 Å². The average Bonchev–Trinajstić information content (AvgIpc) is 3.40. The first kappa shape index (κ1) is 22.3. The number of Topliss-reactive ketones (excluding diaryl/α,β-unsaturated/α-hetero) is 1. The van der Waals surface area contributed by atoms with Gasteiger partial charge in [0.15, 0.2) is 5.78 Å². The number of aromatic nitrogens is 1. The molecule has 4 rings (SSSR count). The van der Waals surface area contributed by atoms with Gasteiger partial charge in [0.05, 0.1) is 12.5 Å². The van der Waals surface area contributed by atoms with Gasteiger partial charge in [-0.2, -0.15) is 0 Å². The number of ketones is 1. The summed E-state index contributed by atoms with van der Waals surface area (Å²) in [6.07, 6.45) is 2.99. The Labute approximate surface area is 193 Å². The molecule has 0 aliphatic heterocycles. The molecule has 2 heterocycles. The van der Waals surface area contributed by atoms with Crippen LogP contribution >= 0.6 is 11.3 Å². The van der Waals surface area contributed by atoms with Crippen LogP contribution in [0.15, 0.2) is 54.7 Å². The molecule has 166 valence electrons. The molecule has 4 aromatic rings. The van der Waals surface area contributed by atoms with Crippen molar-refractivity contribution in [2.45, 2.75) is 46.6 Å². The Hall–Kier alpha value is -2.92. The Morgan fingerprint density at radius 1 is 1.06 bits per heavy atom. The van der Waals surface area contributed by atoms with Gasteiger partial charge in [0.2, 0.25) is 5.91 Å². The van der Waals surface area contributed by atoms with Crippen molar-refractivity contribution in [2.75, 3.05) is 0 Å². The first-order chi connectivity index (χ1) is 15.4. The maximum Gasteiger partial charge on any atom is 0.225 e. The Bertz CT molecular complexity index is 1230. The van der Waals surface area contributed by atoms with Gasteiger partial charge in [-0.15, -0.1) is 11.3 Å². The van der Waals surface area contributed by atoms with Crippen LogP contribution in [0.4, 0.5) is 0 Å². The second-order valence-corrected chi connectivity index (χ2v) is 9.97. The minimum absolute atomic E-state index is 0.0960. The lowest BCUT2D eigenvalue weighted by Crippen LogP contribution is -2.47. The number of fused-ring (bicyclic) bond motifs is 2. The molecule has 0 saturated heterocycles. The molecule has 0 spiro atoms. The topological polar surface area (TPSA) is 62.0 Å². The molecule has 0 radical (unpaired) electrons. The van der Waals surface area contributed by atoms with E-state index in [1.54, 1.807) is 11.3 Å². The van der Waals surface area contributed by atoms with Crippen molar-refractivity contribution in [1.29, 1.82) is 0 Å². The Morgan fingerprint density at radius 3 is 2.56 bits per heavy atom. The number of amides is 1. The lowest BCUT2D eigenvalue weighted by atomic mass is 9.90. The van der Waals surface area contributed by atoms with Crippen LogP contribution in [0.2, 0.25) is 0 Å². The third-order valence-corrected chi connectivity index (χ3v) is 7.40. The van der Waals surface area contributed by atoms with Crippen molar-refractivity contribution >= 4 is 44.0 Å². The molecule has 0 bridgehead atoms. The van der Waals surface area contributed by atoms with E-state index >= 15 is 0 Å². The smallest absolute Gasteiger partial charge is 0.225 e. The molecule has 0 unspecified atom stereocenters. The molecular weight excluding hydrogens is 416 g/mol. The van der Waals surface area contributed by atoms with Crippen LogP contribution in [0, 0.1) is 11.8 Å². The Balaban J connectivity index is 1.58. The number of hydrogen-bond donors (Lipinski definition) is 2.